The zero-order valence-electron chi connectivity index (χ0n) is 24.8. The van der Waals surface area contributed by atoms with Gasteiger partial charge in [-0.05, 0) is 63.0 Å². The quantitative estimate of drug-likeness (QED) is 0.341. The van der Waals surface area contributed by atoms with Crippen LogP contribution in [0.3, 0.4) is 0 Å². The normalized spacial score (nSPS) is 43.3. The first-order valence-corrected chi connectivity index (χ1v) is 14.7. The fraction of sp³-hybridized carbons (Fsp3) is 0.719. The number of hydrogen-bond acceptors (Lipinski definition) is 8. The molecule has 3 aliphatic heterocycles. The SMILES string of the molecule is COC1C(C)=CC2C(=O)OC3CC(CC=C(C)CC(C)C=CC=C(CO)C2(O)C1O)OC1(CCC(C)C(C)O1)C3. The second kappa shape index (κ2) is 12.6. The van der Waals surface area contributed by atoms with Gasteiger partial charge in [0, 0.05) is 26.4 Å². The Kier molecular flexibility index (Phi) is 9.80. The minimum Gasteiger partial charge on any atom is -0.462 e. The molecule has 1 spiro atoms. The predicted octanol–water partition coefficient (Wildman–Crippen LogP) is 4.14. The van der Waals surface area contributed by atoms with E-state index in [-0.39, 0.29) is 23.7 Å². The number of allylic oxidation sites excluding steroid dienone is 4. The van der Waals surface area contributed by atoms with Crippen molar-refractivity contribution in [1.29, 1.82) is 0 Å². The molecule has 0 radical (unpaired) electrons. The van der Waals surface area contributed by atoms with Crippen LogP contribution in [0.4, 0.5) is 0 Å². The van der Waals surface area contributed by atoms with Crippen LogP contribution in [0.2, 0.25) is 0 Å². The van der Waals surface area contributed by atoms with Gasteiger partial charge in [0.05, 0.1) is 18.8 Å². The van der Waals surface area contributed by atoms with E-state index in [1.807, 2.05) is 6.08 Å². The van der Waals surface area contributed by atoms with Crippen LogP contribution >= 0.6 is 0 Å². The molecule has 1 aliphatic carbocycles. The number of ether oxygens (including phenoxy) is 4. The first kappa shape index (κ1) is 31.1. The van der Waals surface area contributed by atoms with E-state index in [9.17, 15) is 20.1 Å². The third-order valence-electron chi connectivity index (χ3n) is 9.30. The smallest absolute Gasteiger partial charge is 0.316 e. The molecular weight excluding hydrogens is 512 g/mol. The Morgan fingerprint density at radius 2 is 1.90 bits per heavy atom. The fourth-order valence-corrected chi connectivity index (χ4v) is 6.79. The lowest BCUT2D eigenvalue weighted by atomic mass is 9.69. The number of hydrogen-bond donors (Lipinski definition) is 3. The van der Waals surface area contributed by atoms with Crippen LogP contribution < -0.4 is 0 Å². The minimum atomic E-state index is -2.12. The number of carbonyl (C=O) groups excluding carboxylic acids is 1. The van der Waals surface area contributed by atoms with Crippen molar-refractivity contribution in [3.8, 4) is 0 Å². The summed E-state index contributed by atoms with van der Waals surface area (Å²) >= 11 is 0. The third kappa shape index (κ3) is 6.32. The molecule has 0 amide bonds. The Hall–Kier alpha value is -1.81. The second-order valence-electron chi connectivity index (χ2n) is 12.5. The first-order chi connectivity index (χ1) is 18.9. The molecule has 4 rings (SSSR count). The number of methoxy groups -OCH3 is 1. The number of fused-ring (bicyclic) bond motifs is 3. The number of aliphatic hydroxyl groups is 3. The van der Waals surface area contributed by atoms with Crippen LogP contribution in [0.15, 0.2) is 47.1 Å². The number of rotatable bonds is 2. The van der Waals surface area contributed by atoms with Crippen LogP contribution in [0.1, 0.15) is 73.1 Å². The molecule has 10 unspecified atom stereocenters. The monoisotopic (exact) mass is 560 g/mol. The van der Waals surface area contributed by atoms with Crippen molar-refractivity contribution < 1.29 is 39.1 Å². The Morgan fingerprint density at radius 1 is 1.15 bits per heavy atom. The largest absolute Gasteiger partial charge is 0.462 e. The Labute approximate surface area is 238 Å². The van der Waals surface area contributed by atoms with Crippen molar-refractivity contribution in [3.63, 3.8) is 0 Å². The van der Waals surface area contributed by atoms with Gasteiger partial charge in [0.15, 0.2) is 5.79 Å². The van der Waals surface area contributed by atoms with Gasteiger partial charge in [-0.25, -0.2) is 0 Å². The average Bonchev–Trinajstić information content (AvgIpc) is 2.89. The van der Waals surface area contributed by atoms with E-state index >= 15 is 0 Å². The summed E-state index contributed by atoms with van der Waals surface area (Å²) in [6, 6.07) is 0. The molecule has 3 heterocycles. The van der Waals surface area contributed by atoms with E-state index in [0.29, 0.717) is 37.2 Å². The number of carbonyl (C=O) groups is 1. The van der Waals surface area contributed by atoms with Crippen LogP contribution in [0.25, 0.3) is 0 Å². The summed E-state index contributed by atoms with van der Waals surface area (Å²) in [6.07, 6.45) is 10.2. The van der Waals surface area contributed by atoms with Gasteiger partial charge < -0.3 is 34.3 Å². The Bertz CT molecular complexity index is 1050. The Morgan fingerprint density at radius 3 is 2.58 bits per heavy atom. The second-order valence-corrected chi connectivity index (χ2v) is 12.5. The maximum Gasteiger partial charge on any atom is 0.316 e. The lowest BCUT2D eigenvalue weighted by Crippen LogP contribution is -2.61. The molecule has 3 N–H and O–H groups in total. The molecule has 0 saturated carbocycles. The van der Waals surface area contributed by atoms with Crippen LogP contribution in [0.5, 0.6) is 0 Å². The first-order valence-electron chi connectivity index (χ1n) is 14.7. The Balaban J connectivity index is 1.76. The standard InChI is InChI=1S/C32H48O8/c1-19-8-7-9-24(18-33)32(36)27(15-22(4)28(37-6)29(32)34)30(35)38-26-16-25(11-10-20(2)14-19)40-31(17-26)13-12-21(3)23(5)39-31/h7-10,15,19,21,23,25-29,33-34,36H,11-14,16-18H2,1-6H3. The highest BCUT2D eigenvalue weighted by Gasteiger charge is 2.56. The average molecular weight is 561 g/mol. The summed E-state index contributed by atoms with van der Waals surface area (Å²) in [7, 11) is 1.44. The van der Waals surface area contributed by atoms with Crippen molar-refractivity contribution in [2.75, 3.05) is 13.7 Å². The molecule has 0 aromatic carbocycles. The van der Waals surface area contributed by atoms with Gasteiger partial charge in [0.1, 0.15) is 29.8 Å². The molecule has 8 nitrogen and oxygen atoms in total. The predicted molar refractivity (Wildman–Crippen MR) is 151 cm³/mol. The van der Waals surface area contributed by atoms with Crippen molar-refractivity contribution in [2.45, 2.75) is 115 Å². The van der Waals surface area contributed by atoms with E-state index in [0.717, 1.165) is 12.8 Å². The molecule has 2 saturated heterocycles. The molecule has 2 fully saturated rings. The molecule has 8 heteroatoms. The number of esters is 1. The van der Waals surface area contributed by atoms with E-state index in [1.54, 1.807) is 25.2 Å². The maximum atomic E-state index is 13.9. The van der Waals surface area contributed by atoms with Gasteiger partial charge in [-0.15, -0.1) is 0 Å². The highest BCUT2D eigenvalue weighted by Crippen LogP contribution is 2.44. The van der Waals surface area contributed by atoms with Crippen molar-refractivity contribution in [2.24, 2.45) is 17.8 Å². The van der Waals surface area contributed by atoms with E-state index < -0.39 is 48.2 Å². The summed E-state index contributed by atoms with van der Waals surface area (Å²) in [6.45, 7) is 9.63. The minimum absolute atomic E-state index is 0.0130. The van der Waals surface area contributed by atoms with Crippen LogP contribution in [0, 0.1) is 17.8 Å². The zero-order chi connectivity index (χ0) is 29.2. The number of aliphatic hydroxyl groups excluding tert-OH is 2. The third-order valence-corrected chi connectivity index (χ3v) is 9.30. The summed E-state index contributed by atoms with van der Waals surface area (Å²) in [4.78, 5) is 13.9. The molecular formula is C32H48O8. The van der Waals surface area contributed by atoms with Gasteiger partial charge in [-0.3, -0.25) is 4.79 Å². The molecule has 4 aliphatic rings. The maximum absolute atomic E-state index is 13.9. The highest BCUT2D eigenvalue weighted by atomic mass is 16.7. The summed E-state index contributed by atoms with van der Waals surface area (Å²) in [5.41, 5.74) is -0.169. The molecule has 0 aromatic rings. The van der Waals surface area contributed by atoms with Crippen molar-refractivity contribution >= 4 is 5.97 Å². The molecule has 2 bridgehead atoms. The van der Waals surface area contributed by atoms with Crippen molar-refractivity contribution in [3.05, 3.63) is 47.1 Å². The topological polar surface area (TPSA) is 115 Å². The molecule has 10 atom stereocenters. The van der Waals surface area contributed by atoms with Crippen LogP contribution in [-0.4, -0.2) is 76.9 Å². The van der Waals surface area contributed by atoms with Crippen molar-refractivity contribution in [1.82, 2.24) is 0 Å². The lowest BCUT2D eigenvalue weighted by molar-refractivity contribution is -0.332. The van der Waals surface area contributed by atoms with Gasteiger partial charge in [0.25, 0.3) is 0 Å². The fourth-order valence-electron chi connectivity index (χ4n) is 6.79. The molecule has 0 aromatic heterocycles. The summed E-state index contributed by atoms with van der Waals surface area (Å²) < 4.78 is 24.7. The van der Waals surface area contributed by atoms with Gasteiger partial charge in [-0.2, -0.15) is 0 Å². The van der Waals surface area contributed by atoms with Gasteiger partial charge >= 0.3 is 5.97 Å². The van der Waals surface area contributed by atoms with Gasteiger partial charge in [-0.1, -0.05) is 49.8 Å². The van der Waals surface area contributed by atoms with Gasteiger partial charge in [0.2, 0.25) is 0 Å². The van der Waals surface area contributed by atoms with E-state index in [2.05, 4.69) is 33.8 Å². The summed E-state index contributed by atoms with van der Waals surface area (Å²) in [5, 5.41) is 33.8. The zero-order valence-corrected chi connectivity index (χ0v) is 24.8. The molecule has 40 heavy (non-hydrogen) atoms. The van der Waals surface area contributed by atoms with E-state index in [1.165, 1.54) is 12.7 Å². The van der Waals surface area contributed by atoms with E-state index in [4.69, 9.17) is 18.9 Å². The highest BCUT2D eigenvalue weighted by molar-refractivity contribution is 5.78. The lowest BCUT2D eigenvalue weighted by Gasteiger charge is -2.49. The van der Waals surface area contributed by atoms with Crippen LogP contribution in [-0.2, 0) is 23.7 Å². The molecule has 224 valence electrons. The summed E-state index contributed by atoms with van der Waals surface area (Å²) in [5.74, 6) is -2.15.